The zero-order valence-electron chi connectivity index (χ0n) is 13.0. The Balaban J connectivity index is 2.32. The van der Waals surface area contributed by atoms with Gasteiger partial charge >= 0.3 is 5.97 Å². The van der Waals surface area contributed by atoms with E-state index in [-0.39, 0.29) is 17.6 Å². The quantitative estimate of drug-likeness (QED) is 0.916. The first kappa shape index (κ1) is 16.2. The second kappa shape index (κ2) is 5.90. The number of methoxy groups -OCH3 is 2. The van der Waals surface area contributed by atoms with Crippen molar-refractivity contribution in [2.24, 2.45) is 0 Å². The largest absolute Gasteiger partial charge is 0.477 e. The van der Waals surface area contributed by atoms with Crippen LogP contribution >= 0.6 is 11.3 Å². The molecule has 118 valence electrons. The number of carboxylic acid groups (broad SMARTS) is 1. The van der Waals surface area contributed by atoms with Crippen LogP contribution in [-0.4, -0.2) is 55.6 Å². The first-order chi connectivity index (χ1) is 9.77. The lowest BCUT2D eigenvalue weighted by molar-refractivity contribution is -0.00461. The van der Waals surface area contributed by atoms with Crippen LogP contribution in [0.5, 0.6) is 0 Å². The molecule has 2 atom stereocenters. The van der Waals surface area contributed by atoms with Crippen LogP contribution < -0.4 is 4.90 Å². The molecule has 2 unspecified atom stereocenters. The van der Waals surface area contributed by atoms with E-state index in [9.17, 15) is 9.90 Å². The average Bonchev–Trinajstić information content (AvgIpc) is 3.01. The summed E-state index contributed by atoms with van der Waals surface area (Å²) in [4.78, 5) is 18.4. The molecule has 21 heavy (non-hydrogen) atoms. The first-order valence-corrected chi connectivity index (χ1v) is 7.64. The molecule has 1 aromatic heterocycles. The molecule has 1 aromatic rings. The summed E-state index contributed by atoms with van der Waals surface area (Å²) >= 11 is 1.22. The van der Waals surface area contributed by atoms with Gasteiger partial charge in [-0.1, -0.05) is 32.1 Å². The van der Waals surface area contributed by atoms with E-state index in [1.807, 2.05) is 25.7 Å². The number of anilines is 1. The minimum atomic E-state index is -0.922. The summed E-state index contributed by atoms with van der Waals surface area (Å²) in [7, 11) is 3.32. The van der Waals surface area contributed by atoms with E-state index in [1.54, 1.807) is 14.2 Å². The summed E-state index contributed by atoms with van der Waals surface area (Å²) in [5.41, 5.74) is 0.327. The molecule has 0 amide bonds. The predicted octanol–water partition coefficient (Wildman–Crippen LogP) is 1.99. The van der Waals surface area contributed by atoms with Gasteiger partial charge in [0.2, 0.25) is 0 Å². The molecule has 0 aromatic carbocycles. The fourth-order valence-corrected chi connectivity index (χ4v) is 3.58. The number of ether oxygens (including phenoxy) is 2. The van der Waals surface area contributed by atoms with Crippen molar-refractivity contribution in [1.29, 1.82) is 0 Å². The molecular weight excluding hydrogens is 292 g/mol. The van der Waals surface area contributed by atoms with E-state index in [1.165, 1.54) is 11.3 Å². The van der Waals surface area contributed by atoms with Crippen molar-refractivity contribution in [1.82, 2.24) is 4.98 Å². The molecule has 1 aliphatic heterocycles. The number of carboxylic acids is 1. The molecule has 0 spiro atoms. The Kier molecular flexibility index (Phi) is 4.55. The van der Waals surface area contributed by atoms with Crippen molar-refractivity contribution in [3.8, 4) is 0 Å². The van der Waals surface area contributed by atoms with Crippen molar-refractivity contribution in [2.45, 2.75) is 38.4 Å². The van der Waals surface area contributed by atoms with Crippen molar-refractivity contribution in [3.63, 3.8) is 0 Å². The van der Waals surface area contributed by atoms with Gasteiger partial charge in [0, 0.05) is 32.7 Å². The van der Waals surface area contributed by atoms with Crippen molar-refractivity contribution < 1.29 is 19.4 Å². The summed E-state index contributed by atoms with van der Waals surface area (Å²) < 4.78 is 10.8. The van der Waals surface area contributed by atoms with E-state index in [4.69, 9.17) is 9.47 Å². The van der Waals surface area contributed by atoms with E-state index in [0.29, 0.717) is 23.7 Å². The standard InChI is InChI=1S/C14H22N2O4S/c1-14(2,3)11-10(12(17)18)21-13(15-11)16-6-8(19-4)9(7-16)20-5/h8-9H,6-7H2,1-5H3,(H,17,18). The van der Waals surface area contributed by atoms with E-state index in [2.05, 4.69) is 4.98 Å². The Morgan fingerprint density at radius 2 is 1.81 bits per heavy atom. The van der Waals surface area contributed by atoms with Crippen molar-refractivity contribution in [3.05, 3.63) is 10.6 Å². The molecule has 0 bridgehead atoms. The lowest BCUT2D eigenvalue weighted by Gasteiger charge is -2.17. The molecule has 2 rings (SSSR count). The van der Waals surface area contributed by atoms with Crippen LogP contribution in [0, 0.1) is 0 Å². The Morgan fingerprint density at radius 3 is 2.14 bits per heavy atom. The fourth-order valence-electron chi connectivity index (χ4n) is 2.45. The monoisotopic (exact) mass is 314 g/mol. The maximum Gasteiger partial charge on any atom is 0.347 e. The number of hydrogen-bond donors (Lipinski definition) is 1. The predicted molar refractivity (Wildman–Crippen MR) is 81.6 cm³/mol. The highest BCUT2D eigenvalue weighted by Gasteiger charge is 2.36. The van der Waals surface area contributed by atoms with E-state index >= 15 is 0 Å². The zero-order chi connectivity index (χ0) is 15.8. The average molecular weight is 314 g/mol. The molecule has 6 nitrogen and oxygen atoms in total. The summed E-state index contributed by atoms with van der Waals surface area (Å²) in [5.74, 6) is -0.922. The van der Waals surface area contributed by atoms with Gasteiger partial charge in [-0.3, -0.25) is 0 Å². The molecule has 2 heterocycles. The minimum Gasteiger partial charge on any atom is -0.477 e. The van der Waals surface area contributed by atoms with Crippen LogP contribution in [0.1, 0.15) is 36.1 Å². The van der Waals surface area contributed by atoms with Crippen LogP contribution in [0.25, 0.3) is 0 Å². The smallest absolute Gasteiger partial charge is 0.347 e. The van der Waals surface area contributed by atoms with Crippen LogP contribution in [-0.2, 0) is 14.9 Å². The highest BCUT2D eigenvalue weighted by molar-refractivity contribution is 7.17. The van der Waals surface area contributed by atoms with Crippen molar-refractivity contribution in [2.75, 3.05) is 32.2 Å². The molecule has 0 aliphatic carbocycles. The lowest BCUT2D eigenvalue weighted by Crippen LogP contribution is -2.27. The maximum absolute atomic E-state index is 11.4. The van der Waals surface area contributed by atoms with Gasteiger partial charge in [-0.25, -0.2) is 9.78 Å². The van der Waals surface area contributed by atoms with Gasteiger partial charge in [-0.15, -0.1) is 0 Å². The summed E-state index contributed by atoms with van der Waals surface area (Å²) in [6.07, 6.45) is -0.0458. The van der Waals surface area contributed by atoms with Gasteiger partial charge in [0.1, 0.15) is 17.1 Å². The van der Waals surface area contributed by atoms with Crippen LogP contribution in [0.2, 0.25) is 0 Å². The third-order valence-electron chi connectivity index (χ3n) is 3.61. The lowest BCUT2D eigenvalue weighted by atomic mass is 9.91. The van der Waals surface area contributed by atoms with Crippen molar-refractivity contribution >= 4 is 22.4 Å². The number of thiazole rings is 1. The topological polar surface area (TPSA) is 71.9 Å². The second-order valence-electron chi connectivity index (χ2n) is 6.18. The summed E-state index contributed by atoms with van der Waals surface area (Å²) in [6.45, 7) is 7.23. The van der Waals surface area contributed by atoms with Gasteiger partial charge in [-0.2, -0.15) is 0 Å². The summed E-state index contributed by atoms with van der Waals surface area (Å²) in [5, 5.41) is 10.1. The number of rotatable bonds is 4. The Labute approximate surface area is 128 Å². The highest BCUT2D eigenvalue weighted by Crippen LogP contribution is 2.35. The van der Waals surface area contributed by atoms with Gasteiger partial charge in [0.25, 0.3) is 0 Å². The zero-order valence-corrected chi connectivity index (χ0v) is 13.9. The number of aromatic carboxylic acids is 1. The third-order valence-corrected chi connectivity index (χ3v) is 4.72. The SMILES string of the molecule is COC1CN(c2nc(C(C)(C)C)c(C(=O)O)s2)CC1OC. The number of carbonyl (C=O) groups is 1. The Morgan fingerprint density at radius 1 is 1.29 bits per heavy atom. The molecule has 0 radical (unpaired) electrons. The third kappa shape index (κ3) is 3.20. The Hall–Kier alpha value is -1.18. The van der Waals surface area contributed by atoms with Crippen LogP contribution in [0.15, 0.2) is 0 Å². The summed E-state index contributed by atoms with van der Waals surface area (Å²) in [6, 6.07) is 0. The number of aromatic nitrogens is 1. The molecule has 0 saturated carbocycles. The van der Waals surface area contributed by atoms with Crippen LogP contribution in [0.3, 0.4) is 0 Å². The molecule has 1 saturated heterocycles. The van der Waals surface area contributed by atoms with E-state index < -0.39 is 5.97 Å². The molecule has 7 heteroatoms. The van der Waals surface area contributed by atoms with Crippen LogP contribution in [0.4, 0.5) is 5.13 Å². The number of nitrogens with zero attached hydrogens (tertiary/aromatic N) is 2. The molecule has 1 N–H and O–H groups in total. The molecule has 1 fully saturated rings. The number of hydrogen-bond acceptors (Lipinski definition) is 6. The molecule has 1 aliphatic rings. The molecular formula is C14H22N2O4S. The minimum absolute atomic E-state index is 0.0229. The van der Waals surface area contributed by atoms with Gasteiger partial charge in [-0.05, 0) is 0 Å². The van der Waals surface area contributed by atoms with E-state index in [0.717, 1.165) is 5.13 Å². The Bertz CT molecular complexity index is 512. The normalized spacial score (nSPS) is 22.8. The maximum atomic E-state index is 11.4. The fraction of sp³-hybridized carbons (Fsp3) is 0.714. The second-order valence-corrected chi connectivity index (χ2v) is 7.16. The van der Waals surface area contributed by atoms with Gasteiger partial charge < -0.3 is 19.5 Å². The highest BCUT2D eigenvalue weighted by atomic mass is 32.1. The van der Waals surface area contributed by atoms with Gasteiger partial charge in [0.15, 0.2) is 5.13 Å². The first-order valence-electron chi connectivity index (χ1n) is 6.83. The van der Waals surface area contributed by atoms with Gasteiger partial charge in [0.05, 0.1) is 5.69 Å².